The van der Waals surface area contributed by atoms with Crippen LogP contribution in [0.2, 0.25) is 0 Å². The highest BCUT2D eigenvalue weighted by Crippen LogP contribution is 2.38. The van der Waals surface area contributed by atoms with Crippen LogP contribution in [0.15, 0.2) is 0 Å². The van der Waals surface area contributed by atoms with Crippen LogP contribution in [0.1, 0.15) is 142 Å². The minimum absolute atomic E-state index is 0.0111. The third kappa shape index (κ3) is 32.4. The van der Waals surface area contributed by atoms with Crippen LogP contribution in [0.3, 0.4) is 0 Å². The van der Waals surface area contributed by atoms with Crippen molar-refractivity contribution in [1.29, 1.82) is 0 Å². The number of nitrogens with zero attached hydrogens (tertiary/aromatic N) is 1. The molecule has 43 heavy (non-hydrogen) atoms. The largest absolute Gasteiger partial charge is 0.756 e. The van der Waals surface area contributed by atoms with Gasteiger partial charge in [0.1, 0.15) is 25.5 Å². The predicted molar refractivity (Wildman–Crippen MR) is 172 cm³/mol. The van der Waals surface area contributed by atoms with Crippen LogP contribution < -0.4 is 4.89 Å². The molecular weight excluding hydrogens is 569 g/mol. The van der Waals surface area contributed by atoms with E-state index in [0.29, 0.717) is 30.5 Å². The molecule has 0 N–H and O–H groups in total. The van der Waals surface area contributed by atoms with E-state index in [-0.39, 0.29) is 26.2 Å². The standard InChI is InChI=1S/C33H66NO8P/c1-5-6-7-8-9-10-11-12-13-14-15-18-21-24-28-39-30-32(31-41-43(37,38)40-29-26-34(2,3)4)42-33(36)25-22-19-16-17-20-23-27-35/h27,32H,5-26,28-31H2,1-4H3. The van der Waals surface area contributed by atoms with E-state index >= 15 is 0 Å². The van der Waals surface area contributed by atoms with E-state index < -0.39 is 19.9 Å². The van der Waals surface area contributed by atoms with Crippen LogP contribution in [0.4, 0.5) is 0 Å². The quantitative estimate of drug-likeness (QED) is 0.0239. The van der Waals surface area contributed by atoms with Crippen LogP contribution in [-0.4, -0.2) is 77.0 Å². The first-order valence-electron chi connectivity index (χ1n) is 17.2. The van der Waals surface area contributed by atoms with Crippen LogP contribution in [0.25, 0.3) is 0 Å². The van der Waals surface area contributed by atoms with E-state index in [9.17, 15) is 19.0 Å². The first-order chi connectivity index (χ1) is 20.6. The highest BCUT2D eigenvalue weighted by Gasteiger charge is 2.20. The maximum atomic E-state index is 12.4. The third-order valence-corrected chi connectivity index (χ3v) is 8.34. The molecular formula is C33H66NO8P. The molecule has 0 aliphatic heterocycles. The molecule has 0 bridgehead atoms. The zero-order valence-electron chi connectivity index (χ0n) is 28.2. The molecule has 0 saturated carbocycles. The van der Waals surface area contributed by atoms with Gasteiger partial charge in [0.25, 0.3) is 7.82 Å². The number of carbonyl (C=O) groups is 2. The number of unbranched alkanes of at least 4 members (excludes halogenated alkanes) is 18. The lowest BCUT2D eigenvalue weighted by Gasteiger charge is -2.28. The van der Waals surface area contributed by atoms with E-state index in [1.54, 1.807) is 0 Å². The van der Waals surface area contributed by atoms with Crippen molar-refractivity contribution in [2.45, 2.75) is 148 Å². The van der Waals surface area contributed by atoms with Gasteiger partial charge in [-0.3, -0.25) is 9.36 Å². The zero-order chi connectivity index (χ0) is 32.1. The molecule has 0 spiro atoms. The number of hydrogen-bond donors (Lipinski definition) is 0. The molecule has 2 unspecified atom stereocenters. The minimum atomic E-state index is -4.52. The number of phosphoric ester groups is 1. The Morgan fingerprint density at radius 2 is 1.23 bits per heavy atom. The summed E-state index contributed by atoms with van der Waals surface area (Å²) in [7, 11) is 1.30. The Bertz CT molecular complexity index is 701. The fraction of sp³-hybridized carbons (Fsp3) is 0.939. The number of rotatable bonds is 33. The van der Waals surface area contributed by atoms with E-state index in [2.05, 4.69) is 6.92 Å². The summed E-state index contributed by atoms with van der Waals surface area (Å²) in [5, 5.41) is 0. The molecule has 0 aliphatic rings. The molecule has 0 rings (SSSR count). The Morgan fingerprint density at radius 3 is 1.77 bits per heavy atom. The van der Waals surface area contributed by atoms with E-state index in [1.807, 2.05) is 21.1 Å². The maximum Gasteiger partial charge on any atom is 0.306 e. The molecule has 0 aromatic rings. The van der Waals surface area contributed by atoms with Gasteiger partial charge >= 0.3 is 5.97 Å². The Labute approximate surface area is 264 Å². The zero-order valence-corrected chi connectivity index (χ0v) is 29.1. The summed E-state index contributed by atoms with van der Waals surface area (Å²) in [4.78, 5) is 35.0. The van der Waals surface area contributed by atoms with Crippen molar-refractivity contribution in [2.75, 3.05) is 54.1 Å². The highest BCUT2D eigenvalue weighted by atomic mass is 31.2. The molecule has 10 heteroatoms. The van der Waals surface area contributed by atoms with Gasteiger partial charge in [0.2, 0.25) is 0 Å². The number of aldehydes is 1. The van der Waals surface area contributed by atoms with Gasteiger partial charge in [0.05, 0.1) is 34.4 Å². The minimum Gasteiger partial charge on any atom is -0.756 e. The van der Waals surface area contributed by atoms with Gasteiger partial charge in [-0.05, 0) is 19.3 Å². The number of esters is 1. The Kier molecular flexibility index (Phi) is 28.1. The van der Waals surface area contributed by atoms with Crippen molar-refractivity contribution < 1.29 is 42.1 Å². The molecule has 0 aliphatic carbocycles. The fourth-order valence-corrected chi connectivity index (χ4v) is 5.37. The monoisotopic (exact) mass is 635 g/mol. The number of carbonyl (C=O) groups excluding carboxylic acids is 2. The smallest absolute Gasteiger partial charge is 0.306 e. The summed E-state index contributed by atoms with van der Waals surface area (Å²) in [6, 6.07) is 0. The first-order valence-corrected chi connectivity index (χ1v) is 18.7. The molecule has 0 saturated heterocycles. The number of likely N-dealkylation sites (N-methyl/N-ethyl adjacent to an activating group) is 1. The summed E-state index contributed by atoms with van der Waals surface area (Å²) < 4.78 is 34.1. The second-order valence-electron chi connectivity index (χ2n) is 12.8. The molecule has 0 radical (unpaired) electrons. The summed E-state index contributed by atoms with van der Waals surface area (Å²) in [6.07, 6.45) is 23.2. The van der Waals surface area contributed by atoms with Crippen LogP contribution in [0.5, 0.6) is 0 Å². The van der Waals surface area contributed by atoms with Gasteiger partial charge in [0, 0.05) is 19.4 Å². The lowest BCUT2D eigenvalue weighted by Crippen LogP contribution is -2.37. The molecule has 256 valence electrons. The topological polar surface area (TPSA) is 111 Å². The van der Waals surface area contributed by atoms with Crippen molar-refractivity contribution in [3.63, 3.8) is 0 Å². The lowest BCUT2D eigenvalue weighted by atomic mass is 10.0. The third-order valence-electron chi connectivity index (χ3n) is 7.38. The van der Waals surface area contributed by atoms with Crippen molar-refractivity contribution in [3.05, 3.63) is 0 Å². The molecule has 0 aromatic carbocycles. The van der Waals surface area contributed by atoms with Crippen LogP contribution in [0, 0.1) is 0 Å². The van der Waals surface area contributed by atoms with Crippen LogP contribution in [-0.2, 0) is 32.7 Å². The van der Waals surface area contributed by atoms with Gasteiger partial charge < -0.3 is 32.7 Å². The normalized spacial score (nSPS) is 14.0. The Morgan fingerprint density at radius 1 is 0.721 bits per heavy atom. The summed E-state index contributed by atoms with van der Waals surface area (Å²) >= 11 is 0. The number of phosphoric acid groups is 1. The predicted octanol–water partition coefficient (Wildman–Crippen LogP) is 7.53. The summed E-state index contributed by atoms with van der Waals surface area (Å²) in [6.45, 7) is 3.05. The molecule has 0 aromatic heterocycles. The Balaban J connectivity index is 4.23. The SMILES string of the molecule is CCCCCCCCCCCCCCCCOCC(COP(=O)([O-])OCC[N+](C)(C)C)OC(=O)CCCCCCCC=O. The van der Waals surface area contributed by atoms with Gasteiger partial charge in [-0.2, -0.15) is 0 Å². The average Bonchev–Trinajstić information content (AvgIpc) is 2.94. The van der Waals surface area contributed by atoms with Gasteiger partial charge in [-0.1, -0.05) is 110 Å². The van der Waals surface area contributed by atoms with E-state index in [0.717, 1.165) is 44.8 Å². The summed E-state index contributed by atoms with van der Waals surface area (Å²) in [5.74, 6) is -0.395. The maximum absolute atomic E-state index is 12.4. The molecule has 0 heterocycles. The molecule has 9 nitrogen and oxygen atoms in total. The summed E-state index contributed by atoms with van der Waals surface area (Å²) in [5.41, 5.74) is 0. The number of quaternary nitrogens is 1. The lowest BCUT2D eigenvalue weighted by molar-refractivity contribution is -0.870. The van der Waals surface area contributed by atoms with Crippen molar-refractivity contribution in [1.82, 2.24) is 0 Å². The second-order valence-corrected chi connectivity index (χ2v) is 14.3. The molecule has 0 fully saturated rings. The van der Waals surface area contributed by atoms with Gasteiger partial charge in [-0.25, -0.2) is 0 Å². The molecule has 2 atom stereocenters. The van der Waals surface area contributed by atoms with Crippen molar-refractivity contribution in [3.8, 4) is 0 Å². The van der Waals surface area contributed by atoms with E-state index in [4.69, 9.17) is 18.5 Å². The van der Waals surface area contributed by atoms with Crippen molar-refractivity contribution >= 4 is 20.1 Å². The average molecular weight is 636 g/mol. The van der Waals surface area contributed by atoms with E-state index in [1.165, 1.54) is 77.0 Å². The Hall–Kier alpha value is -0.830. The second kappa shape index (κ2) is 28.6. The number of hydrogen-bond acceptors (Lipinski definition) is 8. The first kappa shape index (κ1) is 42.2. The van der Waals surface area contributed by atoms with Crippen molar-refractivity contribution in [2.24, 2.45) is 0 Å². The highest BCUT2D eigenvalue weighted by molar-refractivity contribution is 7.45. The fourth-order valence-electron chi connectivity index (χ4n) is 4.64. The van der Waals surface area contributed by atoms with Gasteiger partial charge in [-0.15, -0.1) is 0 Å². The van der Waals surface area contributed by atoms with Gasteiger partial charge in [0.15, 0.2) is 0 Å². The molecule has 0 amide bonds. The number of ether oxygens (including phenoxy) is 2. The van der Waals surface area contributed by atoms with Crippen LogP contribution >= 0.6 is 7.82 Å².